The van der Waals surface area contributed by atoms with Crippen molar-refractivity contribution in [3.63, 3.8) is 0 Å². The van der Waals surface area contributed by atoms with Gasteiger partial charge in [-0.2, -0.15) is 9.97 Å². The van der Waals surface area contributed by atoms with E-state index in [0.29, 0.717) is 23.3 Å². The number of hydrogen-bond donors (Lipinski definition) is 0. The molecule has 0 saturated carbocycles. The molecule has 0 atom stereocenters. The van der Waals surface area contributed by atoms with Crippen LogP contribution in [0.15, 0.2) is 6.07 Å². The van der Waals surface area contributed by atoms with E-state index in [2.05, 4.69) is 9.97 Å². The van der Waals surface area contributed by atoms with E-state index in [1.807, 2.05) is 6.92 Å². The van der Waals surface area contributed by atoms with Gasteiger partial charge in [0, 0.05) is 0 Å². The Labute approximate surface area is 80.7 Å². The van der Waals surface area contributed by atoms with Crippen molar-refractivity contribution in [2.75, 3.05) is 6.61 Å². The van der Waals surface area contributed by atoms with Crippen LogP contribution in [0.5, 0.6) is 6.01 Å². The van der Waals surface area contributed by atoms with Crippen LogP contribution in [0.2, 0.25) is 5.15 Å². The molecule has 1 aromatic heterocycles. The fraction of sp³-hybridized carbons (Fsp3) is 0.429. The molecule has 66 valence electrons. The molecule has 0 amide bonds. The summed E-state index contributed by atoms with van der Waals surface area (Å²) < 4.78 is 5.06. The van der Waals surface area contributed by atoms with E-state index in [0.717, 1.165) is 0 Å². The summed E-state index contributed by atoms with van der Waals surface area (Å²) in [4.78, 5) is 7.84. The van der Waals surface area contributed by atoms with E-state index in [1.165, 1.54) is 0 Å². The monoisotopic (exact) mass is 206 g/mol. The predicted molar refractivity (Wildman–Crippen MR) is 47.8 cm³/mol. The molecule has 3 nitrogen and oxygen atoms in total. The lowest BCUT2D eigenvalue weighted by atomic mass is 10.5. The van der Waals surface area contributed by atoms with Crippen molar-refractivity contribution in [3.05, 3.63) is 16.9 Å². The molecule has 0 aliphatic rings. The van der Waals surface area contributed by atoms with Gasteiger partial charge in [-0.05, 0) is 13.0 Å². The lowest BCUT2D eigenvalue weighted by molar-refractivity contribution is 0.311. The molecule has 0 unspecified atom stereocenters. The average molecular weight is 207 g/mol. The SMILES string of the molecule is CCOc1nc(Cl)cc(CCl)n1. The minimum atomic E-state index is 0.278. The Morgan fingerprint density at radius 2 is 2.25 bits per heavy atom. The van der Waals surface area contributed by atoms with E-state index < -0.39 is 0 Å². The zero-order valence-electron chi connectivity index (χ0n) is 6.55. The van der Waals surface area contributed by atoms with Gasteiger partial charge in [0.25, 0.3) is 0 Å². The summed E-state index contributed by atoms with van der Waals surface area (Å²) in [6.07, 6.45) is 0. The van der Waals surface area contributed by atoms with Crippen LogP contribution in [0.25, 0.3) is 0 Å². The second kappa shape index (κ2) is 4.48. The molecule has 1 heterocycles. The highest BCUT2D eigenvalue weighted by Gasteiger charge is 2.01. The van der Waals surface area contributed by atoms with E-state index in [4.69, 9.17) is 27.9 Å². The molecule has 0 N–H and O–H groups in total. The molecule has 0 aliphatic carbocycles. The molecule has 0 radical (unpaired) electrons. The van der Waals surface area contributed by atoms with E-state index >= 15 is 0 Å². The van der Waals surface area contributed by atoms with Crippen LogP contribution < -0.4 is 4.74 Å². The molecule has 0 saturated heterocycles. The maximum atomic E-state index is 5.67. The molecule has 0 bridgehead atoms. The van der Waals surface area contributed by atoms with Gasteiger partial charge >= 0.3 is 6.01 Å². The molecule has 5 heteroatoms. The normalized spacial score (nSPS) is 9.92. The van der Waals surface area contributed by atoms with Gasteiger partial charge in [0.15, 0.2) is 0 Å². The van der Waals surface area contributed by atoms with Crippen molar-refractivity contribution in [1.82, 2.24) is 9.97 Å². The minimum Gasteiger partial charge on any atom is -0.464 e. The zero-order chi connectivity index (χ0) is 8.97. The zero-order valence-corrected chi connectivity index (χ0v) is 8.06. The van der Waals surface area contributed by atoms with E-state index in [1.54, 1.807) is 6.07 Å². The first-order valence-corrected chi connectivity index (χ1v) is 4.39. The van der Waals surface area contributed by atoms with Crippen LogP contribution in [0.3, 0.4) is 0 Å². The average Bonchev–Trinajstić information content (AvgIpc) is 2.04. The van der Waals surface area contributed by atoms with Crippen LogP contribution in [0.1, 0.15) is 12.6 Å². The molecule has 12 heavy (non-hydrogen) atoms. The van der Waals surface area contributed by atoms with Crippen LogP contribution >= 0.6 is 23.2 Å². The quantitative estimate of drug-likeness (QED) is 0.563. The van der Waals surface area contributed by atoms with Gasteiger partial charge in [-0.25, -0.2) is 0 Å². The second-order valence-corrected chi connectivity index (χ2v) is 2.69. The lowest BCUT2D eigenvalue weighted by Gasteiger charge is -2.02. The summed E-state index contributed by atoms with van der Waals surface area (Å²) in [5.41, 5.74) is 0.667. The van der Waals surface area contributed by atoms with Crippen molar-refractivity contribution in [2.45, 2.75) is 12.8 Å². The molecule has 1 aromatic rings. The number of ether oxygens (including phenoxy) is 1. The van der Waals surface area contributed by atoms with Crippen LogP contribution in [0.4, 0.5) is 0 Å². The number of nitrogens with zero attached hydrogens (tertiary/aromatic N) is 2. The Bertz CT molecular complexity index is 268. The third-order valence-corrected chi connectivity index (χ3v) is 1.61. The maximum absolute atomic E-state index is 5.67. The Kier molecular flexibility index (Phi) is 3.56. The Morgan fingerprint density at radius 1 is 1.50 bits per heavy atom. The van der Waals surface area contributed by atoms with Gasteiger partial charge < -0.3 is 4.74 Å². The molecule has 0 aromatic carbocycles. The van der Waals surface area contributed by atoms with Gasteiger partial charge in [-0.3, -0.25) is 0 Å². The smallest absolute Gasteiger partial charge is 0.318 e. The Hall–Kier alpha value is -0.540. The van der Waals surface area contributed by atoms with E-state index in [9.17, 15) is 0 Å². The minimum absolute atomic E-state index is 0.278. The number of halogens is 2. The van der Waals surface area contributed by atoms with Gasteiger partial charge in [0.2, 0.25) is 0 Å². The van der Waals surface area contributed by atoms with Crippen molar-refractivity contribution in [2.24, 2.45) is 0 Å². The van der Waals surface area contributed by atoms with Crippen molar-refractivity contribution in [1.29, 1.82) is 0 Å². The third-order valence-electron chi connectivity index (χ3n) is 1.14. The van der Waals surface area contributed by atoms with Crippen LogP contribution in [0, 0.1) is 0 Å². The highest BCUT2D eigenvalue weighted by Crippen LogP contribution is 2.13. The van der Waals surface area contributed by atoms with Gasteiger partial charge in [0.1, 0.15) is 5.15 Å². The summed E-state index contributed by atoms with van der Waals surface area (Å²) in [5.74, 6) is 0.308. The fourth-order valence-electron chi connectivity index (χ4n) is 0.703. The molecule has 0 spiro atoms. The summed E-state index contributed by atoms with van der Waals surface area (Å²) in [7, 11) is 0. The first kappa shape index (κ1) is 9.55. The number of hydrogen-bond acceptors (Lipinski definition) is 3. The van der Waals surface area contributed by atoms with Crippen LogP contribution in [-0.4, -0.2) is 16.6 Å². The first-order chi connectivity index (χ1) is 5.76. The molecule has 1 rings (SSSR count). The lowest BCUT2D eigenvalue weighted by Crippen LogP contribution is -1.99. The fourth-order valence-corrected chi connectivity index (χ4v) is 1.04. The Morgan fingerprint density at radius 3 is 2.83 bits per heavy atom. The molecular formula is C7H8Cl2N2O. The maximum Gasteiger partial charge on any atom is 0.318 e. The van der Waals surface area contributed by atoms with Crippen molar-refractivity contribution >= 4 is 23.2 Å². The summed E-state index contributed by atoms with van der Waals surface area (Å²) in [6.45, 7) is 2.37. The highest BCUT2D eigenvalue weighted by atomic mass is 35.5. The van der Waals surface area contributed by atoms with Crippen molar-refractivity contribution in [3.8, 4) is 6.01 Å². The standard InChI is InChI=1S/C7H8Cl2N2O/c1-2-12-7-10-5(4-8)3-6(9)11-7/h3H,2,4H2,1H3. The number of alkyl halides is 1. The van der Waals surface area contributed by atoms with Crippen LogP contribution in [-0.2, 0) is 5.88 Å². The summed E-state index contributed by atoms with van der Waals surface area (Å²) in [5, 5.41) is 0.351. The van der Waals surface area contributed by atoms with Gasteiger partial charge in [-0.1, -0.05) is 11.6 Å². The van der Waals surface area contributed by atoms with Gasteiger partial charge in [0.05, 0.1) is 18.2 Å². The number of aromatic nitrogens is 2. The second-order valence-electron chi connectivity index (χ2n) is 2.03. The summed E-state index contributed by atoms with van der Waals surface area (Å²) >= 11 is 11.2. The molecule has 0 aliphatic heterocycles. The van der Waals surface area contributed by atoms with Gasteiger partial charge in [-0.15, -0.1) is 11.6 Å². The first-order valence-electron chi connectivity index (χ1n) is 3.48. The number of rotatable bonds is 3. The van der Waals surface area contributed by atoms with E-state index in [-0.39, 0.29) is 6.01 Å². The molecular weight excluding hydrogens is 199 g/mol. The third kappa shape index (κ3) is 2.50. The Balaban J connectivity index is 2.90. The van der Waals surface area contributed by atoms with Crippen molar-refractivity contribution < 1.29 is 4.74 Å². The predicted octanol–water partition coefficient (Wildman–Crippen LogP) is 2.27. The largest absolute Gasteiger partial charge is 0.464 e. The molecule has 0 fully saturated rings. The summed E-state index contributed by atoms with van der Waals surface area (Å²) in [6, 6.07) is 1.89. The topological polar surface area (TPSA) is 35.0 Å². The highest BCUT2D eigenvalue weighted by molar-refractivity contribution is 6.29.